The molecule has 0 unspecified atom stereocenters. The van der Waals surface area contributed by atoms with Crippen molar-refractivity contribution < 1.29 is 14.3 Å². The summed E-state index contributed by atoms with van der Waals surface area (Å²) in [7, 11) is 0. The normalized spacial score (nSPS) is 11.3. The second-order valence-electron chi connectivity index (χ2n) is 4.64. The molecule has 2 aromatic carbocycles. The molecule has 0 amide bonds. The second-order valence-corrected chi connectivity index (χ2v) is 4.64. The maximum atomic E-state index is 12.6. The van der Waals surface area contributed by atoms with Gasteiger partial charge in [0.15, 0.2) is 5.76 Å². The van der Waals surface area contributed by atoms with E-state index in [0.29, 0.717) is 11.1 Å². The fourth-order valence-electron chi connectivity index (χ4n) is 1.98. The Labute approximate surface area is 129 Å². The Morgan fingerprint density at radius 1 is 0.909 bits per heavy atom. The third kappa shape index (κ3) is 3.58. The van der Waals surface area contributed by atoms with Gasteiger partial charge < -0.3 is 4.74 Å². The average Bonchev–Trinajstić information content (AvgIpc) is 2.59. The maximum absolute atomic E-state index is 12.6. The van der Waals surface area contributed by atoms with Gasteiger partial charge in [0.2, 0.25) is 5.78 Å². The lowest BCUT2D eigenvalue weighted by molar-refractivity contribution is -0.133. The molecule has 22 heavy (non-hydrogen) atoms. The molecule has 0 saturated heterocycles. The number of allylic oxidation sites excluding steroid dienone is 2. The van der Waals surface area contributed by atoms with Gasteiger partial charge in [-0.05, 0) is 12.5 Å². The van der Waals surface area contributed by atoms with Crippen molar-refractivity contribution in [3.8, 4) is 0 Å². The minimum Gasteiger partial charge on any atom is -0.419 e. The van der Waals surface area contributed by atoms with Gasteiger partial charge in [-0.2, -0.15) is 0 Å². The van der Waals surface area contributed by atoms with Crippen LogP contribution < -0.4 is 0 Å². The molecule has 110 valence electrons. The van der Waals surface area contributed by atoms with Crippen LogP contribution in [0.1, 0.15) is 22.8 Å². The van der Waals surface area contributed by atoms with Crippen LogP contribution in [0.25, 0.3) is 5.57 Å². The smallest absolute Gasteiger partial charge is 0.335 e. The summed E-state index contributed by atoms with van der Waals surface area (Å²) in [5, 5.41) is 0. The van der Waals surface area contributed by atoms with Gasteiger partial charge in [-0.15, -0.1) is 0 Å². The first kappa shape index (κ1) is 15.4. The Morgan fingerprint density at radius 3 is 1.91 bits per heavy atom. The van der Waals surface area contributed by atoms with Gasteiger partial charge in [0.1, 0.15) is 0 Å². The molecule has 3 nitrogen and oxygen atoms in total. The quantitative estimate of drug-likeness (QED) is 0.362. The fraction of sp³-hybridized carbons (Fsp3) is 0.0526. The molecule has 0 saturated carbocycles. The summed E-state index contributed by atoms with van der Waals surface area (Å²) in [4.78, 5) is 24.2. The summed E-state index contributed by atoms with van der Waals surface area (Å²) in [5.74, 6) is -0.978. The number of esters is 1. The molecule has 3 heteroatoms. The molecule has 0 aliphatic rings. The van der Waals surface area contributed by atoms with E-state index in [4.69, 9.17) is 4.74 Å². The van der Waals surface area contributed by atoms with Gasteiger partial charge in [-0.3, -0.25) is 4.79 Å². The van der Waals surface area contributed by atoms with Crippen LogP contribution in [0, 0.1) is 0 Å². The van der Waals surface area contributed by atoms with Crippen LogP contribution in [-0.2, 0) is 9.53 Å². The number of ketones is 1. The number of carbonyl (C=O) groups is 2. The summed E-state index contributed by atoms with van der Waals surface area (Å²) in [6, 6.07) is 18.0. The van der Waals surface area contributed by atoms with Gasteiger partial charge in [-0.1, -0.05) is 67.2 Å². The lowest BCUT2D eigenvalue weighted by atomic mass is 10.0. The van der Waals surface area contributed by atoms with Crippen molar-refractivity contribution in [3.63, 3.8) is 0 Å². The third-order valence-electron chi connectivity index (χ3n) is 3.16. The fourth-order valence-corrected chi connectivity index (χ4v) is 1.98. The highest BCUT2D eigenvalue weighted by Crippen LogP contribution is 2.22. The number of benzene rings is 2. The topological polar surface area (TPSA) is 43.4 Å². The third-order valence-corrected chi connectivity index (χ3v) is 3.16. The van der Waals surface area contributed by atoms with Crippen LogP contribution >= 0.6 is 0 Å². The molecule has 0 heterocycles. The van der Waals surface area contributed by atoms with E-state index in [1.807, 2.05) is 36.4 Å². The molecule has 0 aliphatic heterocycles. The number of Topliss-reactive ketones (excluding diaryl/α,β-unsaturated/α-hetero) is 1. The number of hydrogen-bond donors (Lipinski definition) is 0. The van der Waals surface area contributed by atoms with Gasteiger partial charge in [0.25, 0.3) is 0 Å². The van der Waals surface area contributed by atoms with E-state index in [1.165, 1.54) is 0 Å². The number of hydrogen-bond acceptors (Lipinski definition) is 3. The van der Waals surface area contributed by atoms with Crippen LogP contribution in [0.3, 0.4) is 0 Å². The summed E-state index contributed by atoms with van der Waals surface area (Å²) in [6.07, 6.45) is 1.04. The zero-order valence-corrected chi connectivity index (χ0v) is 12.3. The highest BCUT2D eigenvalue weighted by molar-refractivity contribution is 6.12. The maximum Gasteiger partial charge on any atom is 0.335 e. The number of ether oxygens (including phenoxy) is 1. The molecule has 2 rings (SSSR count). The molecule has 0 atom stereocenters. The first-order valence-electron chi connectivity index (χ1n) is 6.83. The van der Waals surface area contributed by atoms with E-state index in [0.717, 1.165) is 11.6 Å². The van der Waals surface area contributed by atoms with Gasteiger partial charge >= 0.3 is 5.97 Å². The molecular weight excluding hydrogens is 276 g/mol. The largest absolute Gasteiger partial charge is 0.419 e. The first-order chi connectivity index (χ1) is 10.6. The van der Waals surface area contributed by atoms with Crippen molar-refractivity contribution in [3.05, 3.63) is 90.2 Å². The molecule has 0 aromatic heterocycles. The summed E-state index contributed by atoms with van der Waals surface area (Å²) >= 11 is 0. The van der Waals surface area contributed by atoms with Crippen molar-refractivity contribution in [1.82, 2.24) is 0 Å². The van der Waals surface area contributed by atoms with Crippen molar-refractivity contribution in [1.29, 1.82) is 0 Å². The van der Waals surface area contributed by atoms with Crippen LogP contribution in [0.2, 0.25) is 0 Å². The second kappa shape index (κ2) is 7.18. The predicted octanol–water partition coefficient (Wildman–Crippen LogP) is 4.03. The predicted molar refractivity (Wildman–Crippen MR) is 86.1 cm³/mol. The summed E-state index contributed by atoms with van der Waals surface area (Å²) in [5.41, 5.74) is 1.88. The van der Waals surface area contributed by atoms with Crippen LogP contribution in [0.4, 0.5) is 0 Å². The molecule has 0 radical (unpaired) electrons. The van der Waals surface area contributed by atoms with Crippen molar-refractivity contribution >= 4 is 17.3 Å². The standard InChI is InChI=1S/C19H16O3/c1-3-17(20)22-19(14(2)15-10-6-4-7-11-15)18(21)16-12-8-5-9-13-16/h3-13H,1H2,2H3. The highest BCUT2D eigenvalue weighted by Gasteiger charge is 2.20. The molecular formula is C19H16O3. The zero-order valence-electron chi connectivity index (χ0n) is 12.3. The van der Waals surface area contributed by atoms with E-state index in [9.17, 15) is 9.59 Å². The average molecular weight is 292 g/mol. The van der Waals surface area contributed by atoms with Gasteiger partial charge in [0, 0.05) is 17.2 Å². The van der Waals surface area contributed by atoms with Gasteiger partial charge in [0.05, 0.1) is 0 Å². The van der Waals surface area contributed by atoms with Crippen LogP contribution in [0.15, 0.2) is 79.1 Å². The van der Waals surface area contributed by atoms with E-state index >= 15 is 0 Å². The molecule has 0 aliphatic carbocycles. The molecule has 0 fully saturated rings. The Bertz CT molecular complexity index is 713. The lowest BCUT2D eigenvalue weighted by Gasteiger charge is -2.11. The van der Waals surface area contributed by atoms with E-state index in [-0.39, 0.29) is 11.5 Å². The summed E-state index contributed by atoms with van der Waals surface area (Å²) in [6.45, 7) is 5.12. The molecule has 2 aromatic rings. The Balaban J connectivity index is 2.49. The van der Waals surface area contributed by atoms with E-state index in [1.54, 1.807) is 31.2 Å². The SMILES string of the molecule is C=CC(=O)OC(C(=O)c1ccccc1)=C(C)c1ccccc1. The minimum absolute atomic E-state index is 0.0160. The Kier molecular flexibility index (Phi) is 5.04. The zero-order chi connectivity index (χ0) is 15.9. The highest BCUT2D eigenvalue weighted by atomic mass is 16.5. The first-order valence-corrected chi connectivity index (χ1v) is 6.83. The minimum atomic E-state index is -0.658. The number of rotatable bonds is 5. The molecule has 0 spiro atoms. The van der Waals surface area contributed by atoms with Crippen molar-refractivity contribution in [2.24, 2.45) is 0 Å². The molecule has 0 N–H and O–H groups in total. The van der Waals surface area contributed by atoms with Crippen LogP contribution in [0.5, 0.6) is 0 Å². The monoisotopic (exact) mass is 292 g/mol. The van der Waals surface area contributed by atoms with E-state index < -0.39 is 5.97 Å². The van der Waals surface area contributed by atoms with E-state index in [2.05, 4.69) is 6.58 Å². The lowest BCUT2D eigenvalue weighted by Crippen LogP contribution is -2.12. The van der Waals surface area contributed by atoms with Crippen molar-refractivity contribution in [2.45, 2.75) is 6.92 Å². The Hall–Kier alpha value is -2.94. The van der Waals surface area contributed by atoms with Crippen molar-refractivity contribution in [2.75, 3.05) is 0 Å². The number of carbonyl (C=O) groups excluding carboxylic acids is 2. The summed E-state index contributed by atoms with van der Waals surface area (Å²) < 4.78 is 5.21. The Morgan fingerprint density at radius 2 is 1.41 bits per heavy atom. The molecule has 0 bridgehead atoms. The van der Waals surface area contributed by atoms with Gasteiger partial charge in [-0.25, -0.2) is 4.79 Å². The van der Waals surface area contributed by atoms with Crippen LogP contribution in [-0.4, -0.2) is 11.8 Å².